The average Bonchev–Trinajstić information content (AvgIpc) is 2.93. The minimum atomic E-state index is -0.823. The highest BCUT2D eigenvalue weighted by molar-refractivity contribution is 5.91. The van der Waals surface area contributed by atoms with Crippen LogP contribution < -0.4 is 4.74 Å². The van der Waals surface area contributed by atoms with Crippen molar-refractivity contribution >= 4 is 11.7 Å². The molecule has 0 unspecified atom stereocenters. The molecule has 2 aromatic rings. The maximum atomic E-state index is 11.7. The molecule has 0 saturated carbocycles. The van der Waals surface area contributed by atoms with E-state index >= 15 is 0 Å². The van der Waals surface area contributed by atoms with Crippen molar-refractivity contribution in [1.82, 2.24) is 9.78 Å². The Labute approximate surface area is 120 Å². The van der Waals surface area contributed by atoms with Gasteiger partial charge in [0.2, 0.25) is 5.69 Å². The van der Waals surface area contributed by atoms with E-state index in [1.807, 2.05) is 0 Å². The van der Waals surface area contributed by atoms with Gasteiger partial charge in [0.15, 0.2) is 0 Å². The van der Waals surface area contributed by atoms with Crippen molar-refractivity contribution in [3.05, 3.63) is 46.3 Å². The number of nitrogens with zero attached hydrogens (tertiary/aromatic N) is 3. The summed E-state index contributed by atoms with van der Waals surface area (Å²) in [6.07, 6.45) is 1.17. The summed E-state index contributed by atoms with van der Waals surface area (Å²) in [5.41, 5.74) is -0.156. The third kappa shape index (κ3) is 2.99. The largest absolute Gasteiger partial charge is 0.497 e. The molecule has 110 valence electrons. The predicted octanol–water partition coefficient (Wildman–Crippen LogP) is 1.97. The van der Waals surface area contributed by atoms with Gasteiger partial charge in [-0.25, -0.2) is 9.48 Å². The van der Waals surface area contributed by atoms with Crippen LogP contribution in [0.5, 0.6) is 5.75 Å². The van der Waals surface area contributed by atoms with E-state index in [1.54, 1.807) is 31.2 Å². The first-order chi connectivity index (χ1) is 10.1. The van der Waals surface area contributed by atoms with Crippen molar-refractivity contribution in [2.45, 2.75) is 6.92 Å². The molecule has 0 bridgehead atoms. The van der Waals surface area contributed by atoms with Gasteiger partial charge in [-0.15, -0.1) is 0 Å². The number of benzene rings is 1. The Balaban J connectivity index is 2.42. The Kier molecular flexibility index (Phi) is 4.17. The first-order valence-corrected chi connectivity index (χ1v) is 6.12. The Bertz CT molecular complexity index is 663. The molecule has 0 atom stereocenters. The smallest absolute Gasteiger partial charge is 0.366 e. The molecule has 8 heteroatoms. The second kappa shape index (κ2) is 6.04. The summed E-state index contributed by atoms with van der Waals surface area (Å²) < 4.78 is 11.0. The van der Waals surface area contributed by atoms with E-state index in [0.717, 1.165) is 0 Å². The van der Waals surface area contributed by atoms with Crippen LogP contribution in [-0.4, -0.2) is 34.4 Å². The van der Waals surface area contributed by atoms with E-state index in [2.05, 4.69) is 5.10 Å². The highest BCUT2D eigenvalue weighted by atomic mass is 16.6. The third-order valence-corrected chi connectivity index (χ3v) is 2.70. The van der Waals surface area contributed by atoms with E-state index in [9.17, 15) is 14.9 Å². The number of carbonyl (C=O) groups is 1. The van der Waals surface area contributed by atoms with Crippen molar-refractivity contribution in [3.8, 4) is 11.4 Å². The highest BCUT2D eigenvalue weighted by Gasteiger charge is 2.27. The van der Waals surface area contributed by atoms with Gasteiger partial charge in [-0.05, 0) is 31.2 Å². The van der Waals surface area contributed by atoms with Crippen LogP contribution >= 0.6 is 0 Å². The number of nitro groups is 1. The summed E-state index contributed by atoms with van der Waals surface area (Å²) >= 11 is 0. The number of methoxy groups -OCH3 is 1. The molecule has 0 N–H and O–H groups in total. The summed E-state index contributed by atoms with van der Waals surface area (Å²) in [6.45, 7) is 1.73. The molecule has 0 saturated heterocycles. The first-order valence-electron chi connectivity index (χ1n) is 6.12. The number of carbonyl (C=O) groups excluding carboxylic acids is 1. The maximum Gasteiger partial charge on any atom is 0.366 e. The number of ether oxygens (including phenoxy) is 2. The van der Waals surface area contributed by atoms with Gasteiger partial charge in [0.25, 0.3) is 0 Å². The van der Waals surface area contributed by atoms with Crippen molar-refractivity contribution in [2.75, 3.05) is 13.7 Å². The number of rotatable bonds is 5. The molecule has 1 aromatic carbocycles. The molecule has 1 aromatic heterocycles. The van der Waals surface area contributed by atoms with E-state index in [0.29, 0.717) is 11.4 Å². The summed E-state index contributed by atoms with van der Waals surface area (Å²) in [6, 6.07) is 6.72. The lowest BCUT2D eigenvalue weighted by molar-refractivity contribution is -0.385. The molecule has 0 spiro atoms. The van der Waals surface area contributed by atoms with Gasteiger partial charge >= 0.3 is 11.7 Å². The van der Waals surface area contributed by atoms with Crippen LogP contribution in [0.2, 0.25) is 0 Å². The van der Waals surface area contributed by atoms with Crippen molar-refractivity contribution in [2.24, 2.45) is 0 Å². The fraction of sp³-hybridized carbons (Fsp3) is 0.231. The lowest BCUT2D eigenvalue weighted by Gasteiger charge is -2.02. The van der Waals surface area contributed by atoms with Crippen LogP contribution in [0.3, 0.4) is 0 Å². The Hall–Kier alpha value is -2.90. The number of hydrogen-bond donors (Lipinski definition) is 0. The van der Waals surface area contributed by atoms with Gasteiger partial charge in [-0.2, -0.15) is 5.10 Å². The summed E-state index contributed by atoms with van der Waals surface area (Å²) in [5, 5.41) is 14.9. The van der Waals surface area contributed by atoms with Gasteiger partial charge in [0.1, 0.15) is 11.9 Å². The zero-order valence-electron chi connectivity index (χ0n) is 11.5. The zero-order valence-corrected chi connectivity index (χ0v) is 11.5. The molecular weight excluding hydrogens is 278 g/mol. The molecule has 0 fully saturated rings. The molecule has 0 aliphatic heterocycles. The monoisotopic (exact) mass is 291 g/mol. The Morgan fingerprint density at radius 1 is 1.38 bits per heavy atom. The van der Waals surface area contributed by atoms with Gasteiger partial charge < -0.3 is 9.47 Å². The van der Waals surface area contributed by atoms with E-state index in [4.69, 9.17) is 9.47 Å². The minimum absolute atomic E-state index is 0.116. The van der Waals surface area contributed by atoms with Crippen LogP contribution in [-0.2, 0) is 4.74 Å². The first kappa shape index (κ1) is 14.5. The molecule has 0 aliphatic carbocycles. The molecule has 2 rings (SSSR count). The fourth-order valence-electron chi connectivity index (χ4n) is 1.71. The quantitative estimate of drug-likeness (QED) is 0.474. The summed E-state index contributed by atoms with van der Waals surface area (Å²) in [4.78, 5) is 22.0. The van der Waals surface area contributed by atoms with Crippen molar-refractivity contribution in [3.63, 3.8) is 0 Å². The van der Waals surface area contributed by atoms with Gasteiger partial charge in [-0.1, -0.05) is 0 Å². The minimum Gasteiger partial charge on any atom is -0.497 e. The molecule has 8 nitrogen and oxygen atoms in total. The van der Waals surface area contributed by atoms with Crippen LogP contribution in [0.25, 0.3) is 5.69 Å². The van der Waals surface area contributed by atoms with Crippen molar-refractivity contribution < 1.29 is 19.2 Å². The lowest BCUT2D eigenvalue weighted by atomic mass is 10.3. The normalized spacial score (nSPS) is 10.2. The molecular formula is C13H13N3O5. The number of hydrogen-bond acceptors (Lipinski definition) is 6. The molecule has 0 amide bonds. The molecule has 0 aliphatic rings. The van der Waals surface area contributed by atoms with Crippen LogP contribution in [0.15, 0.2) is 30.5 Å². The van der Waals surface area contributed by atoms with E-state index in [1.165, 1.54) is 18.0 Å². The summed E-state index contributed by atoms with van der Waals surface area (Å²) in [7, 11) is 1.53. The SMILES string of the molecule is CCOC(=O)c1nn(-c2ccc(OC)cc2)cc1[N+](=O)[O-]. The molecule has 21 heavy (non-hydrogen) atoms. The van der Waals surface area contributed by atoms with Gasteiger partial charge in [0.05, 0.1) is 24.3 Å². The van der Waals surface area contributed by atoms with E-state index < -0.39 is 16.6 Å². The lowest BCUT2D eigenvalue weighted by Crippen LogP contribution is -2.08. The standard InChI is InChI=1S/C13H13N3O5/c1-3-21-13(17)12-11(16(18)19)8-15(14-12)9-4-6-10(20-2)7-5-9/h4-8H,3H2,1-2H3. The topological polar surface area (TPSA) is 96.5 Å². The van der Waals surface area contributed by atoms with Crippen LogP contribution in [0.4, 0.5) is 5.69 Å². The van der Waals surface area contributed by atoms with Crippen LogP contribution in [0.1, 0.15) is 17.4 Å². The zero-order chi connectivity index (χ0) is 15.4. The Morgan fingerprint density at radius 2 is 2.05 bits per heavy atom. The maximum absolute atomic E-state index is 11.7. The van der Waals surface area contributed by atoms with Crippen molar-refractivity contribution in [1.29, 1.82) is 0 Å². The third-order valence-electron chi connectivity index (χ3n) is 2.70. The highest BCUT2D eigenvalue weighted by Crippen LogP contribution is 2.21. The second-order valence-electron chi connectivity index (χ2n) is 3.98. The Morgan fingerprint density at radius 3 is 2.57 bits per heavy atom. The fourth-order valence-corrected chi connectivity index (χ4v) is 1.71. The second-order valence-corrected chi connectivity index (χ2v) is 3.98. The van der Waals surface area contributed by atoms with Crippen LogP contribution in [0, 0.1) is 10.1 Å². The predicted molar refractivity (Wildman–Crippen MR) is 72.7 cm³/mol. The number of esters is 1. The molecule has 0 radical (unpaired) electrons. The van der Waals surface area contributed by atoms with E-state index in [-0.39, 0.29) is 12.3 Å². The number of aromatic nitrogens is 2. The van der Waals surface area contributed by atoms with Gasteiger partial charge in [0, 0.05) is 0 Å². The molecule has 1 heterocycles. The van der Waals surface area contributed by atoms with Gasteiger partial charge in [-0.3, -0.25) is 10.1 Å². The summed E-state index contributed by atoms with van der Waals surface area (Å²) in [5.74, 6) is -0.178. The average molecular weight is 291 g/mol.